The molecule has 0 saturated carbocycles. The van der Waals surface area contributed by atoms with Crippen LogP contribution in [-0.2, 0) is 0 Å². The Bertz CT molecular complexity index is 1290. The van der Waals surface area contributed by atoms with Crippen molar-refractivity contribution in [2.24, 2.45) is 0 Å². The normalized spacial score (nSPS) is 10.9. The molecule has 0 aliphatic heterocycles. The van der Waals surface area contributed by atoms with Crippen molar-refractivity contribution in [3.63, 3.8) is 0 Å². The Labute approximate surface area is 167 Å². The van der Waals surface area contributed by atoms with Crippen LogP contribution < -0.4 is 4.74 Å². The molecular formula is C25H16FNO2. The van der Waals surface area contributed by atoms with Gasteiger partial charge in [-0.2, -0.15) is 0 Å². The fraction of sp³-hybridized carbons (Fsp3) is 0. The van der Waals surface area contributed by atoms with Crippen molar-refractivity contribution in [2.45, 2.75) is 0 Å². The van der Waals surface area contributed by atoms with E-state index in [0.29, 0.717) is 22.8 Å². The van der Waals surface area contributed by atoms with Crippen molar-refractivity contribution < 1.29 is 13.5 Å². The topological polar surface area (TPSA) is 35.3 Å². The predicted octanol–water partition coefficient (Wildman–Crippen LogP) is 7.09. The first-order chi connectivity index (χ1) is 14.3. The van der Waals surface area contributed by atoms with E-state index in [0.717, 1.165) is 22.4 Å². The van der Waals surface area contributed by atoms with Gasteiger partial charge in [0.05, 0.1) is 0 Å². The maximum atomic E-state index is 14.1. The Hall–Kier alpha value is -3.92. The van der Waals surface area contributed by atoms with E-state index in [-0.39, 0.29) is 5.82 Å². The third kappa shape index (κ3) is 3.48. The molecule has 0 amide bonds. The molecule has 0 atom stereocenters. The zero-order valence-electron chi connectivity index (χ0n) is 15.4. The largest absolute Gasteiger partial charge is 0.457 e. The highest BCUT2D eigenvalue weighted by Crippen LogP contribution is 2.31. The third-order valence-corrected chi connectivity index (χ3v) is 4.63. The fourth-order valence-corrected chi connectivity index (χ4v) is 3.23. The highest BCUT2D eigenvalue weighted by atomic mass is 19.1. The van der Waals surface area contributed by atoms with Crippen molar-refractivity contribution >= 4 is 11.1 Å². The maximum absolute atomic E-state index is 14.1. The second kappa shape index (κ2) is 7.24. The minimum Gasteiger partial charge on any atom is -0.457 e. The molecule has 3 nitrogen and oxygen atoms in total. The second-order valence-electron chi connectivity index (χ2n) is 6.62. The highest BCUT2D eigenvalue weighted by Gasteiger charge is 2.12. The van der Waals surface area contributed by atoms with E-state index < -0.39 is 0 Å². The van der Waals surface area contributed by atoms with Gasteiger partial charge in [0.2, 0.25) is 5.89 Å². The predicted molar refractivity (Wildman–Crippen MR) is 111 cm³/mol. The average Bonchev–Trinajstić information content (AvgIpc) is 3.18. The number of hydrogen-bond acceptors (Lipinski definition) is 3. The molecule has 140 valence electrons. The van der Waals surface area contributed by atoms with Crippen LogP contribution in [0.25, 0.3) is 33.7 Å². The summed E-state index contributed by atoms with van der Waals surface area (Å²) in [6.07, 6.45) is 0. The zero-order chi connectivity index (χ0) is 19.6. The van der Waals surface area contributed by atoms with Gasteiger partial charge < -0.3 is 9.15 Å². The maximum Gasteiger partial charge on any atom is 0.227 e. The van der Waals surface area contributed by atoms with Gasteiger partial charge in [-0.15, -0.1) is 0 Å². The lowest BCUT2D eigenvalue weighted by molar-refractivity contribution is 0.482. The van der Waals surface area contributed by atoms with E-state index in [1.54, 1.807) is 12.1 Å². The van der Waals surface area contributed by atoms with Crippen LogP contribution in [0, 0.1) is 5.82 Å². The van der Waals surface area contributed by atoms with Gasteiger partial charge >= 0.3 is 0 Å². The smallest absolute Gasteiger partial charge is 0.227 e. The Morgan fingerprint density at radius 1 is 0.690 bits per heavy atom. The molecule has 4 heteroatoms. The van der Waals surface area contributed by atoms with Crippen LogP contribution in [0.1, 0.15) is 0 Å². The van der Waals surface area contributed by atoms with Crippen molar-refractivity contribution in [2.75, 3.05) is 0 Å². The van der Waals surface area contributed by atoms with E-state index in [1.165, 1.54) is 6.07 Å². The van der Waals surface area contributed by atoms with Gasteiger partial charge in [-0.3, -0.25) is 0 Å². The summed E-state index contributed by atoms with van der Waals surface area (Å²) in [6.45, 7) is 0. The lowest BCUT2D eigenvalue weighted by Crippen LogP contribution is -1.84. The van der Waals surface area contributed by atoms with Crippen LogP contribution >= 0.6 is 0 Å². The third-order valence-electron chi connectivity index (χ3n) is 4.63. The number of rotatable bonds is 4. The van der Waals surface area contributed by atoms with E-state index in [4.69, 9.17) is 9.15 Å². The van der Waals surface area contributed by atoms with Gasteiger partial charge in [0, 0.05) is 11.1 Å². The number of benzene rings is 4. The summed E-state index contributed by atoms with van der Waals surface area (Å²) in [6, 6.07) is 29.4. The average molecular weight is 381 g/mol. The molecule has 0 spiro atoms. The van der Waals surface area contributed by atoms with Crippen LogP contribution in [0.15, 0.2) is 101 Å². The van der Waals surface area contributed by atoms with Crippen LogP contribution in [0.4, 0.5) is 4.39 Å². The Morgan fingerprint density at radius 2 is 1.48 bits per heavy atom. The van der Waals surface area contributed by atoms with Gasteiger partial charge in [-0.05, 0) is 54.1 Å². The van der Waals surface area contributed by atoms with Gasteiger partial charge in [0.25, 0.3) is 0 Å². The number of halogens is 1. The van der Waals surface area contributed by atoms with E-state index in [1.807, 2.05) is 78.9 Å². The first-order valence-corrected chi connectivity index (χ1v) is 9.25. The zero-order valence-corrected chi connectivity index (χ0v) is 15.4. The summed E-state index contributed by atoms with van der Waals surface area (Å²) in [7, 11) is 0. The van der Waals surface area contributed by atoms with Crippen LogP contribution in [0.2, 0.25) is 0 Å². The molecule has 0 fully saturated rings. The van der Waals surface area contributed by atoms with E-state index in [2.05, 4.69) is 4.98 Å². The molecule has 5 aromatic rings. The molecule has 0 unspecified atom stereocenters. The van der Waals surface area contributed by atoms with E-state index in [9.17, 15) is 4.39 Å². The van der Waals surface area contributed by atoms with Gasteiger partial charge in [0.15, 0.2) is 5.58 Å². The summed E-state index contributed by atoms with van der Waals surface area (Å²) in [4.78, 5) is 4.57. The number of oxazole rings is 1. The number of nitrogens with zero attached hydrogens (tertiary/aromatic N) is 1. The van der Waals surface area contributed by atoms with Gasteiger partial charge in [-0.25, -0.2) is 9.37 Å². The first kappa shape index (κ1) is 17.2. The Kier molecular flexibility index (Phi) is 4.30. The number of hydrogen-bond donors (Lipinski definition) is 0. The Balaban J connectivity index is 1.49. The monoisotopic (exact) mass is 381 g/mol. The number of ether oxygens (including phenoxy) is 1. The van der Waals surface area contributed by atoms with Crippen molar-refractivity contribution in [1.82, 2.24) is 4.98 Å². The molecule has 0 radical (unpaired) electrons. The summed E-state index contributed by atoms with van der Waals surface area (Å²) in [5.74, 6) is 1.68. The molecule has 4 aromatic carbocycles. The second-order valence-corrected chi connectivity index (χ2v) is 6.62. The summed E-state index contributed by atoms with van der Waals surface area (Å²) in [5, 5.41) is 0. The van der Waals surface area contributed by atoms with Crippen LogP contribution in [0.5, 0.6) is 11.5 Å². The first-order valence-electron chi connectivity index (χ1n) is 9.25. The number of para-hydroxylation sites is 1. The molecule has 5 rings (SSSR count). The molecule has 29 heavy (non-hydrogen) atoms. The van der Waals surface area contributed by atoms with Crippen molar-refractivity contribution in [1.29, 1.82) is 0 Å². The summed E-state index contributed by atoms with van der Waals surface area (Å²) < 4.78 is 26.0. The van der Waals surface area contributed by atoms with Gasteiger partial charge in [-0.1, -0.05) is 48.5 Å². The van der Waals surface area contributed by atoms with Gasteiger partial charge in [0.1, 0.15) is 22.8 Å². The lowest BCUT2D eigenvalue weighted by Gasteiger charge is -2.06. The minimum absolute atomic E-state index is 0.266. The lowest BCUT2D eigenvalue weighted by atomic mass is 10.1. The number of fused-ring (bicyclic) bond motifs is 1. The molecule has 0 aliphatic carbocycles. The highest BCUT2D eigenvalue weighted by molar-refractivity contribution is 5.82. The Morgan fingerprint density at radius 3 is 2.34 bits per heavy atom. The minimum atomic E-state index is -0.266. The molecular weight excluding hydrogens is 365 g/mol. The molecule has 0 bridgehead atoms. The molecule has 0 N–H and O–H groups in total. The number of aromatic nitrogens is 1. The standard InChI is InChI=1S/C25H16FNO2/c26-22-12-5-4-11-21(22)17-13-14-23-24(16-17)29-25(27-23)18-7-6-10-20(15-18)28-19-8-2-1-3-9-19/h1-16H. The van der Waals surface area contributed by atoms with E-state index >= 15 is 0 Å². The quantitative estimate of drug-likeness (QED) is 0.333. The summed E-state index contributed by atoms with van der Waals surface area (Å²) >= 11 is 0. The molecule has 1 aromatic heterocycles. The molecule has 1 heterocycles. The van der Waals surface area contributed by atoms with Crippen LogP contribution in [-0.4, -0.2) is 4.98 Å². The van der Waals surface area contributed by atoms with Crippen LogP contribution in [0.3, 0.4) is 0 Å². The summed E-state index contributed by atoms with van der Waals surface area (Å²) in [5.41, 5.74) is 3.41. The van der Waals surface area contributed by atoms with Crippen molar-refractivity contribution in [3.05, 3.63) is 103 Å². The fourth-order valence-electron chi connectivity index (χ4n) is 3.23. The molecule has 0 aliphatic rings. The van der Waals surface area contributed by atoms with Crippen molar-refractivity contribution in [3.8, 4) is 34.1 Å². The molecule has 0 saturated heterocycles. The SMILES string of the molecule is Fc1ccccc1-c1ccc2nc(-c3cccc(Oc4ccccc4)c3)oc2c1.